The van der Waals surface area contributed by atoms with Crippen LogP contribution in [0.4, 0.5) is 6.01 Å². The molecule has 1 N–H and O–H groups in total. The van der Waals surface area contributed by atoms with Gasteiger partial charge in [0, 0.05) is 6.92 Å². The number of Topliss-reactive ketones (excluding diaryl/α,β-unsaturated/α-hetero) is 1. The monoisotopic (exact) mass is 315 g/mol. The summed E-state index contributed by atoms with van der Waals surface area (Å²) in [5.41, 5.74) is 2.41. The Morgan fingerprint density at radius 2 is 2.09 bits per heavy atom. The number of allylic oxidation sites excluding steroid dienone is 1. The van der Waals surface area contributed by atoms with E-state index in [4.69, 9.17) is 4.42 Å². The summed E-state index contributed by atoms with van der Waals surface area (Å²) < 4.78 is 10.0. The van der Waals surface area contributed by atoms with E-state index in [-0.39, 0.29) is 17.5 Å². The van der Waals surface area contributed by atoms with Crippen LogP contribution in [0.3, 0.4) is 0 Å². The minimum absolute atomic E-state index is 0.0196. The second-order valence-corrected chi connectivity index (χ2v) is 4.92. The number of aryl methyl sites for hydroxylation is 1. The van der Waals surface area contributed by atoms with E-state index in [1.807, 2.05) is 25.1 Å². The number of hydrogen-bond acceptors (Lipinski definition) is 6. The lowest BCUT2D eigenvalue weighted by Crippen LogP contribution is -2.10. The van der Waals surface area contributed by atoms with Gasteiger partial charge in [-0.2, -0.15) is 4.98 Å². The number of aliphatic imine (C=N–C) groups is 1. The van der Waals surface area contributed by atoms with Crippen molar-refractivity contribution in [3.8, 4) is 0 Å². The number of rotatable bonds is 4. The summed E-state index contributed by atoms with van der Waals surface area (Å²) in [5, 5.41) is 2.85. The number of nitrogens with one attached hydrogen (secondary N) is 1. The number of oxazole rings is 1. The molecule has 0 saturated heterocycles. The average molecular weight is 315 g/mol. The first-order valence-electron chi connectivity index (χ1n) is 6.89. The third-order valence-electron chi connectivity index (χ3n) is 2.94. The number of fused-ring (bicyclic) bond motifs is 1. The van der Waals surface area contributed by atoms with Crippen LogP contribution in [0, 0.1) is 6.92 Å². The van der Waals surface area contributed by atoms with Crippen LogP contribution in [0.15, 0.2) is 39.4 Å². The summed E-state index contributed by atoms with van der Waals surface area (Å²) in [6, 6.07) is 5.90. The first kappa shape index (κ1) is 16.4. The highest BCUT2D eigenvalue weighted by molar-refractivity contribution is 6.03. The van der Waals surface area contributed by atoms with Gasteiger partial charge in [-0.3, -0.25) is 10.1 Å². The van der Waals surface area contributed by atoms with Crippen LogP contribution in [-0.2, 0) is 14.3 Å². The van der Waals surface area contributed by atoms with E-state index in [1.54, 1.807) is 6.92 Å². The van der Waals surface area contributed by atoms with Crippen LogP contribution in [0.25, 0.3) is 11.1 Å². The molecule has 0 unspecified atom stereocenters. The summed E-state index contributed by atoms with van der Waals surface area (Å²) in [6.07, 6.45) is 1.03. The number of esters is 1. The van der Waals surface area contributed by atoms with Crippen LogP contribution in [0.1, 0.15) is 19.4 Å². The quantitative estimate of drug-likeness (QED) is 0.403. The SMILES string of the molecule is COC(=O)/C=C(/N=C(\C)Nc1nc2cc(C)ccc2o1)C(C)=O. The van der Waals surface area contributed by atoms with Crippen molar-refractivity contribution in [3.05, 3.63) is 35.5 Å². The lowest BCUT2D eigenvalue weighted by Gasteiger charge is -2.02. The summed E-state index contributed by atoms with van der Waals surface area (Å²) in [5.74, 6) is -0.646. The first-order chi connectivity index (χ1) is 10.9. The van der Waals surface area contributed by atoms with Gasteiger partial charge in [0.15, 0.2) is 11.4 Å². The predicted octanol–water partition coefficient (Wildman–Crippen LogP) is 2.61. The van der Waals surface area contributed by atoms with Gasteiger partial charge >= 0.3 is 12.0 Å². The number of carbonyl (C=O) groups is 2. The molecule has 1 aromatic carbocycles. The van der Waals surface area contributed by atoms with Crippen molar-refractivity contribution in [2.75, 3.05) is 12.4 Å². The fourth-order valence-electron chi connectivity index (χ4n) is 1.84. The molecule has 0 saturated carbocycles. The van der Waals surface area contributed by atoms with Crippen molar-refractivity contribution < 1.29 is 18.7 Å². The van der Waals surface area contributed by atoms with Crippen LogP contribution < -0.4 is 5.32 Å². The molecule has 0 bridgehead atoms. The summed E-state index contributed by atoms with van der Waals surface area (Å²) in [6.45, 7) is 4.91. The zero-order valence-electron chi connectivity index (χ0n) is 13.3. The van der Waals surface area contributed by atoms with Crippen LogP contribution in [0.5, 0.6) is 0 Å². The molecule has 1 aromatic heterocycles. The third-order valence-corrected chi connectivity index (χ3v) is 2.94. The second kappa shape index (κ2) is 6.87. The molecule has 0 spiro atoms. The van der Waals surface area contributed by atoms with Gasteiger partial charge in [-0.25, -0.2) is 9.79 Å². The molecule has 7 heteroatoms. The Kier molecular flexibility index (Phi) is 4.90. The summed E-state index contributed by atoms with van der Waals surface area (Å²) in [4.78, 5) is 31.1. The Balaban J connectivity index is 2.24. The largest absolute Gasteiger partial charge is 0.466 e. The van der Waals surface area contributed by atoms with Gasteiger partial charge in [0.2, 0.25) is 0 Å². The third kappa shape index (κ3) is 4.26. The van der Waals surface area contributed by atoms with Gasteiger partial charge in [0.05, 0.1) is 13.2 Å². The van der Waals surface area contributed by atoms with Crippen molar-refractivity contribution in [1.29, 1.82) is 0 Å². The Hall–Kier alpha value is -2.96. The van der Waals surface area contributed by atoms with Crippen LogP contribution >= 0.6 is 0 Å². The van der Waals surface area contributed by atoms with E-state index < -0.39 is 5.97 Å². The van der Waals surface area contributed by atoms with Gasteiger partial charge in [0.25, 0.3) is 0 Å². The topological polar surface area (TPSA) is 93.8 Å². The van der Waals surface area contributed by atoms with E-state index in [9.17, 15) is 9.59 Å². The number of anilines is 1. The smallest absolute Gasteiger partial charge is 0.332 e. The first-order valence-corrected chi connectivity index (χ1v) is 6.89. The number of ether oxygens (including phenoxy) is 1. The van der Waals surface area contributed by atoms with E-state index in [1.165, 1.54) is 14.0 Å². The lowest BCUT2D eigenvalue weighted by atomic mass is 10.2. The highest BCUT2D eigenvalue weighted by atomic mass is 16.5. The molecule has 0 fully saturated rings. The molecule has 2 aromatic rings. The second-order valence-electron chi connectivity index (χ2n) is 4.92. The number of methoxy groups -OCH3 is 1. The Labute approximate surface area is 133 Å². The van der Waals surface area contributed by atoms with Crippen molar-refractivity contribution in [2.24, 2.45) is 4.99 Å². The van der Waals surface area contributed by atoms with Gasteiger partial charge in [-0.15, -0.1) is 0 Å². The highest BCUT2D eigenvalue weighted by Crippen LogP contribution is 2.20. The molecule has 0 aliphatic rings. The van der Waals surface area contributed by atoms with Crippen molar-refractivity contribution in [2.45, 2.75) is 20.8 Å². The number of amidine groups is 1. The molecular formula is C16H17N3O4. The minimum Gasteiger partial charge on any atom is -0.466 e. The minimum atomic E-state index is -0.649. The van der Waals surface area contributed by atoms with E-state index >= 15 is 0 Å². The Morgan fingerprint density at radius 3 is 2.74 bits per heavy atom. The molecule has 7 nitrogen and oxygen atoms in total. The number of carbonyl (C=O) groups excluding carboxylic acids is 2. The fraction of sp³-hybridized carbons (Fsp3) is 0.250. The van der Waals surface area contributed by atoms with Crippen molar-refractivity contribution in [1.82, 2.24) is 4.98 Å². The average Bonchev–Trinajstić information content (AvgIpc) is 2.87. The molecule has 0 aliphatic carbocycles. The van der Waals surface area contributed by atoms with E-state index in [0.717, 1.165) is 17.2 Å². The molecule has 0 amide bonds. The number of benzene rings is 1. The maximum Gasteiger partial charge on any atom is 0.332 e. The fourth-order valence-corrected chi connectivity index (χ4v) is 1.84. The number of hydrogen-bond donors (Lipinski definition) is 1. The zero-order chi connectivity index (χ0) is 17.0. The number of aromatic nitrogens is 1. The van der Waals surface area contributed by atoms with Gasteiger partial charge in [-0.05, 0) is 31.5 Å². The summed E-state index contributed by atoms with van der Waals surface area (Å²) in [7, 11) is 1.23. The maximum atomic E-state index is 11.5. The lowest BCUT2D eigenvalue weighted by molar-refractivity contribution is -0.135. The summed E-state index contributed by atoms with van der Waals surface area (Å²) >= 11 is 0. The standard InChI is InChI=1S/C16H17N3O4/c1-9-5-6-14-13(7-9)19-16(23-14)18-11(3)17-12(10(2)20)8-15(21)22-4/h5-8H,1-4H3,(H,17,18,19)/b12-8+. The molecule has 0 radical (unpaired) electrons. The molecule has 120 valence electrons. The van der Waals surface area contributed by atoms with E-state index in [0.29, 0.717) is 11.4 Å². The molecule has 1 heterocycles. The highest BCUT2D eigenvalue weighted by Gasteiger charge is 2.09. The Morgan fingerprint density at radius 1 is 1.35 bits per heavy atom. The van der Waals surface area contributed by atoms with Crippen LogP contribution in [-0.4, -0.2) is 29.7 Å². The van der Waals surface area contributed by atoms with Crippen LogP contribution in [0.2, 0.25) is 0 Å². The number of nitrogens with zero attached hydrogens (tertiary/aromatic N) is 2. The normalized spacial score (nSPS) is 12.3. The molecule has 2 rings (SSSR count). The molecular weight excluding hydrogens is 298 g/mol. The van der Waals surface area contributed by atoms with E-state index in [2.05, 4.69) is 20.0 Å². The number of ketones is 1. The molecule has 0 atom stereocenters. The Bertz CT molecular complexity index is 818. The van der Waals surface area contributed by atoms with Gasteiger partial charge in [0.1, 0.15) is 17.0 Å². The maximum absolute atomic E-state index is 11.5. The van der Waals surface area contributed by atoms with Crippen molar-refractivity contribution in [3.63, 3.8) is 0 Å². The zero-order valence-corrected chi connectivity index (χ0v) is 13.3. The van der Waals surface area contributed by atoms with Gasteiger partial charge in [-0.1, -0.05) is 6.07 Å². The van der Waals surface area contributed by atoms with Crippen molar-refractivity contribution >= 4 is 34.7 Å². The van der Waals surface area contributed by atoms with Gasteiger partial charge < -0.3 is 9.15 Å². The molecule has 0 aliphatic heterocycles. The molecule has 23 heavy (non-hydrogen) atoms. The predicted molar refractivity (Wildman–Crippen MR) is 86.3 cm³/mol.